The molecule has 56 valence electrons. The van der Waals surface area contributed by atoms with Gasteiger partial charge >= 0.3 is 7.69 Å². The van der Waals surface area contributed by atoms with Gasteiger partial charge in [0.15, 0.2) is 0 Å². The molecule has 0 spiro atoms. The third kappa shape index (κ3) is 1.70. The van der Waals surface area contributed by atoms with Crippen molar-refractivity contribution in [1.29, 1.82) is 0 Å². The number of benzene rings is 1. The summed E-state index contributed by atoms with van der Waals surface area (Å²) in [6.45, 7) is 3.68. The Labute approximate surface area is 66.1 Å². The molecule has 2 rings (SSSR count). The number of fused-ring (bicyclic) bond motifs is 1. The van der Waals surface area contributed by atoms with Crippen LogP contribution in [0.4, 0.5) is 0 Å². The predicted molar refractivity (Wildman–Crippen MR) is 47.1 cm³/mol. The summed E-state index contributed by atoms with van der Waals surface area (Å²) in [5.74, 6) is 0. The fourth-order valence-corrected chi connectivity index (χ4v) is 0.955. The van der Waals surface area contributed by atoms with Crippen molar-refractivity contribution < 1.29 is 10.0 Å². The molecule has 2 nitrogen and oxygen atoms in total. The SMILES string of the molecule is C=Cc1ccc2cc1-2.OBO. The number of rotatable bonds is 1. The lowest BCUT2D eigenvalue weighted by atomic mass is 10.3. The van der Waals surface area contributed by atoms with E-state index in [9.17, 15) is 0 Å². The zero-order valence-corrected chi connectivity index (χ0v) is 6.12. The van der Waals surface area contributed by atoms with Gasteiger partial charge in [0, 0.05) is 0 Å². The summed E-state index contributed by atoms with van der Waals surface area (Å²) >= 11 is 0. The van der Waals surface area contributed by atoms with E-state index in [4.69, 9.17) is 10.0 Å². The Morgan fingerprint density at radius 3 is 2.18 bits per heavy atom. The molecule has 0 atom stereocenters. The second kappa shape index (κ2) is 3.37. The Morgan fingerprint density at radius 1 is 1.36 bits per heavy atom. The number of hydrogen-bond donors (Lipinski definition) is 2. The van der Waals surface area contributed by atoms with Gasteiger partial charge in [0.2, 0.25) is 0 Å². The van der Waals surface area contributed by atoms with Gasteiger partial charge in [0.25, 0.3) is 0 Å². The van der Waals surface area contributed by atoms with Crippen molar-refractivity contribution in [2.75, 3.05) is 0 Å². The van der Waals surface area contributed by atoms with Crippen molar-refractivity contribution in [1.82, 2.24) is 0 Å². The van der Waals surface area contributed by atoms with Crippen molar-refractivity contribution in [3.63, 3.8) is 0 Å². The molecular formula is C8H9BO2. The van der Waals surface area contributed by atoms with E-state index in [2.05, 4.69) is 24.8 Å². The Bertz CT molecular complexity index is 271. The normalized spacial score (nSPS) is 9.27. The van der Waals surface area contributed by atoms with E-state index in [0.29, 0.717) is 0 Å². The molecule has 0 radical (unpaired) electrons. The van der Waals surface area contributed by atoms with Crippen LogP contribution in [0.25, 0.3) is 17.2 Å². The van der Waals surface area contributed by atoms with E-state index in [0.717, 1.165) is 0 Å². The second-order valence-corrected chi connectivity index (χ2v) is 2.15. The van der Waals surface area contributed by atoms with Crippen LogP contribution in [0.3, 0.4) is 0 Å². The van der Waals surface area contributed by atoms with E-state index in [1.807, 2.05) is 6.08 Å². The first-order valence-corrected chi connectivity index (χ1v) is 3.32. The average molecular weight is 148 g/mol. The fraction of sp³-hybridized carbons (Fsp3) is 0. The van der Waals surface area contributed by atoms with Crippen LogP contribution in [0, 0.1) is 0 Å². The average Bonchev–Trinajstić information content (AvgIpc) is 2.66. The molecule has 0 heterocycles. The van der Waals surface area contributed by atoms with E-state index in [-0.39, 0.29) is 0 Å². The molecule has 0 aliphatic heterocycles. The highest BCUT2D eigenvalue weighted by atomic mass is 16.4. The molecule has 2 aliphatic rings. The van der Waals surface area contributed by atoms with Crippen LogP contribution in [0.15, 0.2) is 24.8 Å². The van der Waals surface area contributed by atoms with E-state index >= 15 is 0 Å². The molecule has 0 fully saturated rings. The lowest BCUT2D eigenvalue weighted by Gasteiger charge is -1.76. The summed E-state index contributed by atoms with van der Waals surface area (Å²) < 4.78 is 0. The van der Waals surface area contributed by atoms with Gasteiger partial charge in [-0.3, -0.25) is 0 Å². The molecule has 0 saturated carbocycles. The van der Waals surface area contributed by atoms with Gasteiger partial charge in [0.1, 0.15) is 0 Å². The maximum Gasteiger partial charge on any atom is 0.432 e. The quantitative estimate of drug-likeness (QED) is 0.579. The van der Waals surface area contributed by atoms with Crippen LogP contribution in [-0.2, 0) is 0 Å². The lowest BCUT2D eigenvalue weighted by molar-refractivity contribution is 0.448. The molecule has 0 aromatic rings. The van der Waals surface area contributed by atoms with E-state index in [1.54, 1.807) is 0 Å². The highest BCUT2D eigenvalue weighted by Crippen LogP contribution is 2.38. The van der Waals surface area contributed by atoms with Crippen LogP contribution in [0.1, 0.15) is 5.56 Å². The first kappa shape index (κ1) is 8.05. The summed E-state index contributed by atoms with van der Waals surface area (Å²) in [6, 6.07) is 6.38. The van der Waals surface area contributed by atoms with Crippen molar-refractivity contribution in [2.24, 2.45) is 0 Å². The molecule has 0 aromatic carbocycles. The topological polar surface area (TPSA) is 40.5 Å². The molecule has 11 heavy (non-hydrogen) atoms. The van der Waals surface area contributed by atoms with Crippen LogP contribution >= 0.6 is 0 Å². The second-order valence-electron chi connectivity index (χ2n) is 2.15. The maximum atomic E-state index is 7.12. The smallest absolute Gasteiger partial charge is 0.430 e. The zero-order chi connectivity index (χ0) is 8.27. The van der Waals surface area contributed by atoms with E-state index < -0.39 is 7.69 Å². The molecule has 0 amide bonds. The van der Waals surface area contributed by atoms with Crippen LogP contribution in [0.5, 0.6) is 0 Å². The van der Waals surface area contributed by atoms with Gasteiger partial charge in [-0.2, -0.15) is 0 Å². The Kier molecular flexibility index (Phi) is 2.46. The summed E-state index contributed by atoms with van der Waals surface area (Å²) in [7, 11) is -0.750. The summed E-state index contributed by atoms with van der Waals surface area (Å²) in [6.07, 6.45) is 1.89. The van der Waals surface area contributed by atoms with E-state index in [1.165, 1.54) is 16.7 Å². The van der Waals surface area contributed by atoms with Crippen LogP contribution in [-0.4, -0.2) is 17.7 Å². The third-order valence-corrected chi connectivity index (χ3v) is 1.50. The van der Waals surface area contributed by atoms with Gasteiger partial charge in [-0.1, -0.05) is 24.8 Å². The van der Waals surface area contributed by atoms with Gasteiger partial charge in [-0.05, 0) is 22.8 Å². The molecular weight excluding hydrogens is 139 g/mol. The number of hydrogen-bond acceptors (Lipinski definition) is 2. The Morgan fingerprint density at radius 2 is 2.00 bits per heavy atom. The minimum absolute atomic E-state index is 0.750. The molecule has 3 heteroatoms. The largest absolute Gasteiger partial charge is 0.432 e. The van der Waals surface area contributed by atoms with Crippen molar-refractivity contribution >= 4 is 13.8 Å². The third-order valence-electron chi connectivity index (χ3n) is 1.50. The van der Waals surface area contributed by atoms with Gasteiger partial charge in [0.05, 0.1) is 0 Å². The van der Waals surface area contributed by atoms with Crippen molar-refractivity contribution in [3.8, 4) is 11.1 Å². The molecule has 0 bridgehead atoms. The predicted octanol–water partition coefficient (Wildman–Crippen LogP) is 0.547. The van der Waals surface area contributed by atoms with Gasteiger partial charge in [-0.25, -0.2) is 0 Å². The zero-order valence-electron chi connectivity index (χ0n) is 6.12. The minimum Gasteiger partial charge on any atom is -0.430 e. The minimum atomic E-state index is -0.750. The molecule has 0 saturated heterocycles. The van der Waals surface area contributed by atoms with Gasteiger partial charge < -0.3 is 10.0 Å². The van der Waals surface area contributed by atoms with Crippen molar-refractivity contribution in [3.05, 3.63) is 30.3 Å². The lowest BCUT2D eigenvalue weighted by Crippen LogP contribution is -1.75. The van der Waals surface area contributed by atoms with Crippen LogP contribution in [0.2, 0.25) is 0 Å². The summed E-state index contributed by atoms with van der Waals surface area (Å²) in [4.78, 5) is 0. The highest BCUT2D eigenvalue weighted by Gasteiger charge is 2.13. The molecule has 0 unspecified atom stereocenters. The summed E-state index contributed by atoms with van der Waals surface area (Å²) in [5.41, 5.74) is 4.06. The van der Waals surface area contributed by atoms with Crippen molar-refractivity contribution in [2.45, 2.75) is 0 Å². The molecule has 2 aliphatic carbocycles. The van der Waals surface area contributed by atoms with Gasteiger partial charge in [-0.15, -0.1) is 0 Å². The maximum absolute atomic E-state index is 7.12. The Hall–Kier alpha value is -1.06. The monoisotopic (exact) mass is 148 g/mol. The standard InChI is InChI=1S/C8H6.BH3O2/c1-2-6-3-4-7-5-8(6)7;2-1-3/h2-5H,1H2;1-3H. The summed E-state index contributed by atoms with van der Waals surface area (Å²) in [5, 5.41) is 14.2. The molecule has 0 aromatic heterocycles. The highest BCUT2D eigenvalue weighted by molar-refractivity contribution is 6.13. The first-order valence-electron chi connectivity index (χ1n) is 3.32. The Balaban J connectivity index is 0.000000179. The fourth-order valence-electron chi connectivity index (χ4n) is 0.955. The molecule has 2 N–H and O–H groups in total. The first-order chi connectivity index (χ1) is 5.33. The van der Waals surface area contributed by atoms with Crippen LogP contribution < -0.4 is 0 Å².